The van der Waals surface area contributed by atoms with Gasteiger partial charge in [-0.3, -0.25) is 0 Å². The van der Waals surface area contributed by atoms with Gasteiger partial charge < -0.3 is 4.74 Å². The first-order valence-electron chi connectivity index (χ1n) is 8.42. The Bertz CT molecular complexity index is 626. The van der Waals surface area contributed by atoms with Crippen LogP contribution in [-0.4, -0.2) is 15.4 Å². The molecule has 1 aliphatic rings. The van der Waals surface area contributed by atoms with Crippen molar-refractivity contribution in [2.24, 2.45) is 4.99 Å². The monoisotopic (exact) mass is 445 g/mol. The number of ether oxygens (including phenoxy) is 1. The van der Waals surface area contributed by atoms with Gasteiger partial charge in [-0.1, -0.05) is 68.0 Å². The van der Waals surface area contributed by atoms with Crippen LogP contribution < -0.4 is 0 Å². The van der Waals surface area contributed by atoms with Crippen LogP contribution in [0.5, 0.6) is 0 Å². The van der Waals surface area contributed by atoms with E-state index in [1.807, 2.05) is 24.3 Å². The number of rotatable bonds is 6. The van der Waals surface area contributed by atoms with Crippen LogP contribution in [-0.2, 0) is 4.74 Å². The van der Waals surface area contributed by atoms with Gasteiger partial charge in [0.2, 0.25) is 5.90 Å². The molecule has 0 radical (unpaired) electrons. The summed E-state index contributed by atoms with van der Waals surface area (Å²) < 4.78 is 6.97. The molecule has 2 unspecified atom stereocenters. The van der Waals surface area contributed by atoms with Crippen LogP contribution in [0.3, 0.4) is 0 Å². The minimum Gasteiger partial charge on any atom is -0.465 e. The molecular formula is C19H25ClINO. The van der Waals surface area contributed by atoms with Gasteiger partial charge in [0, 0.05) is 10.6 Å². The Morgan fingerprint density at radius 1 is 1.22 bits per heavy atom. The molecule has 0 aromatic heterocycles. The standard InChI is InChI=1S/C19H25ClINO/c1-5-15-16(6-2)19(8-4,17(21)7-3)23-18(15)22-14-11-9-10-13(20)12-14/h9-12,17H,5-8H2,1-4H3. The average molecular weight is 446 g/mol. The summed E-state index contributed by atoms with van der Waals surface area (Å²) in [6.07, 6.45) is 4.00. The summed E-state index contributed by atoms with van der Waals surface area (Å²) >= 11 is 8.63. The fourth-order valence-electron chi connectivity index (χ4n) is 3.40. The summed E-state index contributed by atoms with van der Waals surface area (Å²) in [7, 11) is 0. The lowest BCUT2D eigenvalue weighted by Crippen LogP contribution is -2.40. The van der Waals surface area contributed by atoms with E-state index in [2.05, 4.69) is 50.3 Å². The summed E-state index contributed by atoms with van der Waals surface area (Å²) in [6.45, 7) is 8.84. The van der Waals surface area contributed by atoms with Crippen LogP contribution in [0.25, 0.3) is 0 Å². The minimum atomic E-state index is -0.215. The Balaban J connectivity index is 2.53. The zero-order valence-electron chi connectivity index (χ0n) is 14.3. The van der Waals surface area contributed by atoms with Crippen molar-refractivity contribution in [3.05, 3.63) is 40.4 Å². The predicted molar refractivity (Wildman–Crippen MR) is 108 cm³/mol. The number of nitrogens with zero attached hydrogens (tertiary/aromatic N) is 1. The van der Waals surface area contributed by atoms with Crippen molar-refractivity contribution >= 4 is 45.8 Å². The zero-order chi connectivity index (χ0) is 17.0. The Morgan fingerprint density at radius 3 is 2.48 bits per heavy atom. The van der Waals surface area contributed by atoms with Crippen LogP contribution in [0.2, 0.25) is 5.02 Å². The van der Waals surface area contributed by atoms with E-state index in [9.17, 15) is 0 Å². The summed E-state index contributed by atoms with van der Waals surface area (Å²) in [6, 6.07) is 7.63. The lowest BCUT2D eigenvalue weighted by atomic mass is 9.83. The maximum Gasteiger partial charge on any atom is 0.218 e. The molecule has 0 spiro atoms. The summed E-state index contributed by atoms with van der Waals surface area (Å²) in [5, 5.41) is 0.699. The van der Waals surface area contributed by atoms with Gasteiger partial charge >= 0.3 is 0 Å². The van der Waals surface area contributed by atoms with Gasteiger partial charge in [-0.05, 0) is 49.5 Å². The zero-order valence-corrected chi connectivity index (χ0v) is 17.2. The molecule has 0 saturated heterocycles. The second kappa shape index (κ2) is 8.02. The molecule has 23 heavy (non-hydrogen) atoms. The largest absolute Gasteiger partial charge is 0.465 e. The predicted octanol–water partition coefficient (Wildman–Crippen LogP) is 6.88. The molecule has 0 amide bonds. The number of benzene rings is 1. The van der Waals surface area contributed by atoms with Gasteiger partial charge in [0.15, 0.2) is 0 Å². The quantitative estimate of drug-likeness (QED) is 0.345. The summed E-state index contributed by atoms with van der Waals surface area (Å²) in [5.41, 5.74) is 3.32. The lowest BCUT2D eigenvalue weighted by Gasteiger charge is -2.34. The van der Waals surface area contributed by atoms with Gasteiger partial charge in [0.05, 0.1) is 9.61 Å². The fraction of sp³-hybridized carbons (Fsp3) is 0.526. The van der Waals surface area contributed by atoms with Crippen LogP contribution in [0.1, 0.15) is 53.4 Å². The number of alkyl halides is 1. The van der Waals surface area contributed by atoms with Crippen LogP contribution in [0, 0.1) is 0 Å². The number of hydrogen-bond donors (Lipinski definition) is 0. The highest BCUT2D eigenvalue weighted by Crippen LogP contribution is 2.45. The second-order valence-corrected chi connectivity index (χ2v) is 7.72. The molecule has 1 aromatic carbocycles. The molecule has 1 aromatic rings. The van der Waals surface area contributed by atoms with Gasteiger partial charge in [-0.2, -0.15) is 0 Å². The molecule has 2 nitrogen and oxygen atoms in total. The third-order valence-corrected chi connectivity index (χ3v) is 6.67. The molecule has 0 fully saturated rings. The molecule has 0 N–H and O–H groups in total. The molecular weight excluding hydrogens is 421 g/mol. The van der Waals surface area contributed by atoms with Crippen molar-refractivity contribution < 1.29 is 4.74 Å². The normalized spacial score (nSPS) is 24.2. The van der Waals surface area contributed by atoms with E-state index in [0.29, 0.717) is 8.95 Å². The van der Waals surface area contributed by atoms with E-state index >= 15 is 0 Å². The Morgan fingerprint density at radius 2 is 1.96 bits per heavy atom. The topological polar surface area (TPSA) is 21.6 Å². The van der Waals surface area contributed by atoms with Crippen molar-refractivity contribution in [2.45, 2.75) is 62.9 Å². The Labute approximate surface area is 158 Å². The van der Waals surface area contributed by atoms with E-state index in [0.717, 1.165) is 37.3 Å². The third-order valence-electron chi connectivity index (χ3n) is 4.55. The van der Waals surface area contributed by atoms with E-state index in [4.69, 9.17) is 21.3 Å². The van der Waals surface area contributed by atoms with Crippen molar-refractivity contribution in [2.75, 3.05) is 0 Å². The average Bonchev–Trinajstić information content (AvgIpc) is 2.87. The highest BCUT2D eigenvalue weighted by Gasteiger charge is 2.47. The number of aliphatic imine (C=N–C) groups is 1. The van der Waals surface area contributed by atoms with Gasteiger partial charge in [-0.15, -0.1) is 0 Å². The molecule has 0 saturated carbocycles. The molecule has 4 heteroatoms. The fourth-order valence-corrected chi connectivity index (χ4v) is 4.53. The molecule has 2 atom stereocenters. The molecule has 1 heterocycles. The number of hydrogen-bond acceptors (Lipinski definition) is 2. The Kier molecular flexibility index (Phi) is 6.55. The highest BCUT2D eigenvalue weighted by molar-refractivity contribution is 14.1. The Hall–Kier alpha value is -0.550. The number of halogens is 2. The van der Waals surface area contributed by atoms with E-state index in [1.54, 1.807) is 0 Å². The third kappa shape index (κ3) is 3.60. The first-order chi connectivity index (χ1) is 11.0. The van der Waals surface area contributed by atoms with Crippen molar-refractivity contribution in [3.8, 4) is 0 Å². The maximum atomic E-state index is 6.53. The van der Waals surface area contributed by atoms with Crippen LogP contribution in [0.4, 0.5) is 5.69 Å². The van der Waals surface area contributed by atoms with E-state index in [1.165, 1.54) is 11.1 Å². The van der Waals surface area contributed by atoms with Crippen LogP contribution >= 0.6 is 34.2 Å². The summed E-state index contributed by atoms with van der Waals surface area (Å²) in [4.78, 5) is 4.78. The minimum absolute atomic E-state index is 0.215. The maximum absolute atomic E-state index is 6.53. The van der Waals surface area contributed by atoms with Crippen LogP contribution in [0.15, 0.2) is 40.4 Å². The lowest BCUT2D eigenvalue weighted by molar-refractivity contribution is 0.101. The van der Waals surface area contributed by atoms with Gasteiger partial charge in [-0.25, -0.2) is 4.99 Å². The van der Waals surface area contributed by atoms with Crippen molar-refractivity contribution in [1.82, 2.24) is 0 Å². The first kappa shape index (κ1) is 18.8. The smallest absolute Gasteiger partial charge is 0.218 e. The highest BCUT2D eigenvalue weighted by atomic mass is 127. The van der Waals surface area contributed by atoms with Crippen molar-refractivity contribution in [1.29, 1.82) is 0 Å². The molecule has 2 rings (SSSR count). The van der Waals surface area contributed by atoms with E-state index in [-0.39, 0.29) is 5.60 Å². The van der Waals surface area contributed by atoms with E-state index < -0.39 is 0 Å². The molecule has 0 bridgehead atoms. The van der Waals surface area contributed by atoms with Gasteiger partial charge in [0.25, 0.3) is 0 Å². The molecule has 1 aliphatic heterocycles. The van der Waals surface area contributed by atoms with Gasteiger partial charge in [0.1, 0.15) is 5.60 Å². The molecule has 126 valence electrons. The van der Waals surface area contributed by atoms with Crippen molar-refractivity contribution in [3.63, 3.8) is 0 Å². The second-order valence-electron chi connectivity index (χ2n) is 5.78. The SMILES string of the molecule is CCC1=C(CC)C(CC)(C(I)CC)OC1=Nc1cccc(Cl)c1. The molecule has 0 aliphatic carbocycles. The first-order valence-corrected chi connectivity index (χ1v) is 10.0. The summed E-state index contributed by atoms with van der Waals surface area (Å²) in [5.74, 6) is 0.781.